The number of anilines is 1. The Balaban J connectivity index is 1.58. The molecule has 0 N–H and O–H groups in total. The quantitative estimate of drug-likeness (QED) is 0.766. The molecule has 116 valence electrons. The Hall–Kier alpha value is -1.10. The van der Waals surface area contributed by atoms with E-state index in [1.807, 2.05) is 30.3 Å². The Morgan fingerprint density at radius 2 is 1.82 bits per heavy atom. The van der Waals surface area contributed by atoms with E-state index in [0.29, 0.717) is 4.47 Å². The lowest BCUT2D eigenvalue weighted by molar-refractivity contribution is 0.250. The summed E-state index contributed by atoms with van der Waals surface area (Å²) in [6.45, 7) is 4.77. The van der Waals surface area contributed by atoms with Gasteiger partial charge in [0.15, 0.2) is 0 Å². The van der Waals surface area contributed by atoms with Crippen LogP contribution in [0.5, 0.6) is 0 Å². The van der Waals surface area contributed by atoms with Crippen LogP contribution in [-0.4, -0.2) is 31.1 Å². The second-order valence-corrected chi connectivity index (χ2v) is 6.78. The summed E-state index contributed by atoms with van der Waals surface area (Å²) >= 11 is 9.30. The molecule has 2 aromatic rings. The van der Waals surface area contributed by atoms with E-state index >= 15 is 0 Å². The van der Waals surface area contributed by atoms with Gasteiger partial charge in [-0.3, -0.25) is 4.90 Å². The molecular weight excluding hydrogens is 367 g/mol. The van der Waals surface area contributed by atoms with Crippen molar-refractivity contribution in [3.8, 4) is 0 Å². The number of hydrogen-bond acceptors (Lipinski definition) is 2. The highest BCUT2D eigenvalue weighted by atomic mass is 79.9. The van der Waals surface area contributed by atoms with E-state index in [1.165, 1.54) is 11.8 Å². The second kappa shape index (κ2) is 6.99. The Morgan fingerprint density at radius 1 is 1.05 bits per heavy atom. The van der Waals surface area contributed by atoms with Gasteiger partial charge in [-0.15, -0.1) is 0 Å². The summed E-state index contributed by atoms with van der Waals surface area (Å²) in [6.07, 6.45) is 0. The molecule has 0 unspecified atom stereocenters. The highest BCUT2D eigenvalue weighted by Gasteiger charge is 2.17. The lowest BCUT2D eigenvalue weighted by atomic mass is 10.2. The molecule has 1 heterocycles. The van der Waals surface area contributed by atoms with Crippen LogP contribution in [0.15, 0.2) is 46.9 Å². The van der Waals surface area contributed by atoms with Crippen molar-refractivity contribution >= 4 is 33.2 Å². The molecule has 1 aliphatic heterocycles. The molecule has 5 heteroatoms. The third kappa shape index (κ3) is 3.80. The first kappa shape index (κ1) is 15.8. The first-order chi connectivity index (χ1) is 10.6. The average Bonchev–Trinajstić information content (AvgIpc) is 2.52. The minimum Gasteiger partial charge on any atom is -0.369 e. The Morgan fingerprint density at radius 3 is 2.50 bits per heavy atom. The largest absolute Gasteiger partial charge is 0.369 e. The van der Waals surface area contributed by atoms with E-state index in [1.54, 1.807) is 0 Å². The van der Waals surface area contributed by atoms with Crippen molar-refractivity contribution in [1.82, 2.24) is 4.90 Å². The van der Waals surface area contributed by atoms with Gasteiger partial charge >= 0.3 is 0 Å². The Bertz CT molecular complexity index is 657. The molecule has 0 bridgehead atoms. The summed E-state index contributed by atoms with van der Waals surface area (Å²) < 4.78 is 13.8. The Labute approximate surface area is 143 Å². The zero-order valence-corrected chi connectivity index (χ0v) is 14.4. The topological polar surface area (TPSA) is 6.48 Å². The van der Waals surface area contributed by atoms with Crippen molar-refractivity contribution in [2.45, 2.75) is 6.54 Å². The third-order valence-electron chi connectivity index (χ3n) is 3.94. The van der Waals surface area contributed by atoms with Crippen LogP contribution in [0.1, 0.15) is 5.56 Å². The van der Waals surface area contributed by atoms with Crippen LogP contribution < -0.4 is 4.90 Å². The van der Waals surface area contributed by atoms with Crippen LogP contribution in [0.25, 0.3) is 0 Å². The van der Waals surface area contributed by atoms with Gasteiger partial charge in [0, 0.05) is 43.4 Å². The molecule has 0 spiro atoms. The van der Waals surface area contributed by atoms with Crippen molar-refractivity contribution in [2.24, 2.45) is 0 Å². The van der Waals surface area contributed by atoms with Gasteiger partial charge in [-0.25, -0.2) is 4.39 Å². The molecule has 22 heavy (non-hydrogen) atoms. The number of hydrogen-bond donors (Lipinski definition) is 0. The lowest BCUT2D eigenvalue weighted by Gasteiger charge is -2.36. The molecule has 0 saturated carbocycles. The van der Waals surface area contributed by atoms with E-state index in [2.05, 4.69) is 31.8 Å². The molecule has 0 atom stereocenters. The van der Waals surface area contributed by atoms with E-state index in [4.69, 9.17) is 11.6 Å². The van der Waals surface area contributed by atoms with Gasteiger partial charge in [0.05, 0.1) is 4.47 Å². The normalized spacial score (nSPS) is 16.0. The van der Waals surface area contributed by atoms with Crippen molar-refractivity contribution in [3.63, 3.8) is 0 Å². The van der Waals surface area contributed by atoms with Crippen LogP contribution in [0.2, 0.25) is 5.02 Å². The second-order valence-electron chi connectivity index (χ2n) is 5.49. The fourth-order valence-electron chi connectivity index (χ4n) is 2.73. The fourth-order valence-corrected chi connectivity index (χ4v) is 3.34. The summed E-state index contributed by atoms with van der Waals surface area (Å²) in [7, 11) is 0. The van der Waals surface area contributed by atoms with Crippen molar-refractivity contribution < 1.29 is 4.39 Å². The summed E-state index contributed by atoms with van der Waals surface area (Å²) in [4.78, 5) is 4.74. The maximum atomic E-state index is 13.3. The van der Waals surface area contributed by atoms with Crippen LogP contribution in [0, 0.1) is 5.82 Å². The number of halogens is 3. The predicted molar refractivity (Wildman–Crippen MR) is 93.0 cm³/mol. The number of rotatable bonds is 3. The van der Waals surface area contributed by atoms with Crippen LogP contribution in [0.4, 0.5) is 10.1 Å². The van der Waals surface area contributed by atoms with Gasteiger partial charge in [0.1, 0.15) is 5.82 Å². The van der Waals surface area contributed by atoms with Gasteiger partial charge in [-0.2, -0.15) is 0 Å². The molecule has 0 amide bonds. The van der Waals surface area contributed by atoms with Gasteiger partial charge in [0.2, 0.25) is 0 Å². The summed E-state index contributed by atoms with van der Waals surface area (Å²) in [5.74, 6) is -0.213. The number of piperazine rings is 1. The number of nitrogens with zero attached hydrogens (tertiary/aromatic N) is 2. The SMILES string of the molecule is Fc1ccc(CN2CCN(c3cccc(Cl)c3)CC2)cc1Br. The molecule has 2 aromatic carbocycles. The Kier molecular flexibility index (Phi) is 5.01. The highest BCUT2D eigenvalue weighted by Crippen LogP contribution is 2.22. The van der Waals surface area contributed by atoms with E-state index in [-0.39, 0.29) is 5.82 Å². The van der Waals surface area contributed by atoms with Gasteiger partial charge < -0.3 is 4.90 Å². The molecular formula is C17H17BrClFN2. The highest BCUT2D eigenvalue weighted by molar-refractivity contribution is 9.10. The first-order valence-corrected chi connectivity index (χ1v) is 8.46. The fraction of sp³-hybridized carbons (Fsp3) is 0.294. The molecule has 1 saturated heterocycles. The minimum atomic E-state index is -0.213. The summed E-state index contributed by atoms with van der Waals surface area (Å²) in [5, 5.41) is 0.774. The van der Waals surface area contributed by atoms with E-state index < -0.39 is 0 Å². The van der Waals surface area contributed by atoms with Crippen molar-refractivity contribution in [2.75, 3.05) is 31.1 Å². The van der Waals surface area contributed by atoms with Crippen LogP contribution in [0.3, 0.4) is 0 Å². The predicted octanol–water partition coefficient (Wildman–Crippen LogP) is 4.56. The molecule has 2 nitrogen and oxygen atoms in total. The number of benzene rings is 2. The average molecular weight is 384 g/mol. The standard InChI is InChI=1S/C17H17BrClFN2/c18-16-10-13(4-5-17(16)20)12-21-6-8-22(9-7-21)15-3-1-2-14(19)11-15/h1-5,10-11H,6-9,12H2. The summed E-state index contributed by atoms with van der Waals surface area (Å²) in [5.41, 5.74) is 2.31. The minimum absolute atomic E-state index is 0.213. The maximum Gasteiger partial charge on any atom is 0.137 e. The smallest absolute Gasteiger partial charge is 0.137 e. The van der Waals surface area contributed by atoms with Gasteiger partial charge in [0.25, 0.3) is 0 Å². The molecule has 1 fully saturated rings. The van der Waals surface area contributed by atoms with E-state index in [9.17, 15) is 4.39 Å². The molecule has 0 aliphatic carbocycles. The molecule has 0 aromatic heterocycles. The van der Waals surface area contributed by atoms with Gasteiger partial charge in [-0.05, 0) is 51.8 Å². The molecule has 1 aliphatic rings. The van der Waals surface area contributed by atoms with Crippen molar-refractivity contribution in [1.29, 1.82) is 0 Å². The molecule has 3 rings (SSSR count). The third-order valence-corrected chi connectivity index (χ3v) is 4.78. The lowest BCUT2D eigenvalue weighted by Crippen LogP contribution is -2.45. The van der Waals surface area contributed by atoms with Crippen LogP contribution >= 0.6 is 27.5 Å². The zero-order chi connectivity index (χ0) is 15.5. The van der Waals surface area contributed by atoms with Gasteiger partial charge in [-0.1, -0.05) is 23.7 Å². The zero-order valence-electron chi connectivity index (χ0n) is 12.1. The monoisotopic (exact) mass is 382 g/mol. The van der Waals surface area contributed by atoms with Crippen LogP contribution in [-0.2, 0) is 6.54 Å². The first-order valence-electron chi connectivity index (χ1n) is 7.28. The maximum absolute atomic E-state index is 13.3. The van der Waals surface area contributed by atoms with E-state index in [0.717, 1.165) is 43.3 Å². The molecule has 0 radical (unpaired) electrons. The summed E-state index contributed by atoms with van der Waals surface area (Å²) in [6, 6.07) is 13.2. The van der Waals surface area contributed by atoms with Crippen molar-refractivity contribution in [3.05, 3.63) is 63.3 Å².